The first-order valence-corrected chi connectivity index (χ1v) is 8.92. The molecule has 0 saturated carbocycles. The lowest BCUT2D eigenvalue weighted by atomic mass is 10.1. The average molecular weight is 389 g/mol. The molecule has 6 heteroatoms. The highest BCUT2D eigenvalue weighted by molar-refractivity contribution is 5.94. The summed E-state index contributed by atoms with van der Waals surface area (Å²) in [7, 11) is 3.99. The Morgan fingerprint density at radius 2 is 1.28 bits per heavy atom. The number of hydrogen-bond acceptors (Lipinski definition) is 3. The minimum absolute atomic E-state index is 0.0717. The van der Waals surface area contributed by atoms with E-state index in [-0.39, 0.29) is 11.1 Å². The number of pyridine rings is 1. The van der Waals surface area contributed by atoms with Crippen LogP contribution in [0.2, 0.25) is 0 Å². The Morgan fingerprint density at radius 1 is 0.793 bits per heavy atom. The van der Waals surface area contributed by atoms with Crippen molar-refractivity contribution < 1.29 is 24.4 Å². The van der Waals surface area contributed by atoms with Crippen LogP contribution in [0.4, 0.5) is 5.69 Å². The van der Waals surface area contributed by atoms with Crippen molar-refractivity contribution in [2.75, 3.05) is 19.0 Å². The quantitative estimate of drug-likeness (QED) is 0.630. The van der Waals surface area contributed by atoms with Crippen molar-refractivity contribution in [2.24, 2.45) is 0 Å². The van der Waals surface area contributed by atoms with Gasteiger partial charge in [0.1, 0.15) is 0 Å². The van der Waals surface area contributed by atoms with E-state index in [1.807, 2.05) is 67.5 Å². The third-order valence-electron chi connectivity index (χ3n) is 4.44. The van der Waals surface area contributed by atoms with E-state index in [0.29, 0.717) is 5.69 Å². The van der Waals surface area contributed by atoms with Crippen LogP contribution in [0.15, 0.2) is 67.0 Å². The second-order valence-electron chi connectivity index (χ2n) is 6.74. The molecule has 29 heavy (non-hydrogen) atoms. The molecule has 1 aromatic heterocycles. The van der Waals surface area contributed by atoms with Crippen LogP contribution in [-0.4, -0.2) is 36.2 Å². The molecule has 1 heterocycles. The van der Waals surface area contributed by atoms with E-state index in [2.05, 4.69) is 0 Å². The van der Waals surface area contributed by atoms with Gasteiger partial charge in [0, 0.05) is 44.0 Å². The highest BCUT2D eigenvalue weighted by Crippen LogP contribution is 2.15. The van der Waals surface area contributed by atoms with Crippen molar-refractivity contribution in [3.63, 3.8) is 0 Å². The Morgan fingerprint density at radius 3 is 1.72 bits per heavy atom. The van der Waals surface area contributed by atoms with Crippen LogP contribution in [0.5, 0.6) is 0 Å². The molecular weight excluding hydrogens is 368 g/mol. The Bertz CT molecular complexity index is 1040. The van der Waals surface area contributed by atoms with Crippen molar-refractivity contribution in [3.05, 3.63) is 89.2 Å². The van der Waals surface area contributed by atoms with E-state index in [9.17, 15) is 19.8 Å². The van der Waals surface area contributed by atoms with Crippen LogP contribution in [0.25, 0.3) is 17.8 Å². The summed E-state index contributed by atoms with van der Waals surface area (Å²) >= 11 is 0. The SMILES string of the molecule is CN(C)c1ccc(C=Cc2cc[n+](-c3cc(C(=O)O)cc(C(=O)O)c3)cc2)cc1. The molecule has 0 aliphatic heterocycles. The van der Waals surface area contributed by atoms with Crippen LogP contribution in [0.1, 0.15) is 31.8 Å². The van der Waals surface area contributed by atoms with E-state index in [1.54, 1.807) is 17.0 Å². The first-order valence-electron chi connectivity index (χ1n) is 8.92. The van der Waals surface area contributed by atoms with E-state index in [4.69, 9.17) is 0 Å². The lowest BCUT2D eigenvalue weighted by Gasteiger charge is -2.11. The molecule has 2 N–H and O–H groups in total. The van der Waals surface area contributed by atoms with Gasteiger partial charge in [-0.05, 0) is 29.3 Å². The third-order valence-corrected chi connectivity index (χ3v) is 4.44. The summed E-state index contributed by atoms with van der Waals surface area (Å²) in [4.78, 5) is 24.6. The average Bonchev–Trinajstić information content (AvgIpc) is 2.72. The maximum atomic E-state index is 11.3. The lowest BCUT2D eigenvalue weighted by Crippen LogP contribution is -2.30. The Hall–Kier alpha value is -3.93. The zero-order chi connectivity index (χ0) is 21.0. The van der Waals surface area contributed by atoms with Gasteiger partial charge < -0.3 is 15.1 Å². The van der Waals surface area contributed by atoms with Gasteiger partial charge in [0.25, 0.3) is 0 Å². The fourth-order valence-corrected chi connectivity index (χ4v) is 2.80. The van der Waals surface area contributed by atoms with Crippen LogP contribution in [-0.2, 0) is 0 Å². The topological polar surface area (TPSA) is 81.7 Å². The molecule has 2 aromatic carbocycles. The summed E-state index contributed by atoms with van der Waals surface area (Å²) in [5.41, 5.74) is 3.50. The third kappa shape index (κ3) is 4.87. The Balaban J connectivity index is 1.83. The number of nitrogens with zero attached hydrogens (tertiary/aromatic N) is 2. The number of benzene rings is 2. The maximum Gasteiger partial charge on any atom is 0.335 e. The van der Waals surface area contributed by atoms with Crippen molar-refractivity contribution in [1.29, 1.82) is 0 Å². The predicted molar refractivity (Wildman–Crippen MR) is 112 cm³/mol. The molecule has 3 rings (SSSR count). The van der Waals surface area contributed by atoms with Gasteiger partial charge in [-0.2, -0.15) is 4.57 Å². The molecule has 0 spiro atoms. The van der Waals surface area contributed by atoms with Crippen LogP contribution in [0.3, 0.4) is 0 Å². The number of anilines is 1. The summed E-state index contributed by atoms with van der Waals surface area (Å²) < 4.78 is 1.68. The van der Waals surface area contributed by atoms with Crippen molar-refractivity contribution in [3.8, 4) is 5.69 Å². The standard InChI is InChI=1S/C23H20N2O4/c1-24(2)20-7-5-16(6-8-20)3-4-17-9-11-25(12-10-17)21-14-18(22(26)27)13-19(15-21)23(28)29/h3-15H,1-2H3,(H-,26,27,28,29)/p+1. The second-order valence-corrected chi connectivity index (χ2v) is 6.74. The highest BCUT2D eigenvalue weighted by atomic mass is 16.4. The maximum absolute atomic E-state index is 11.3. The van der Waals surface area contributed by atoms with Gasteiger partial charge in [-0.1, -0.05) is 24.3 Å². The molecular formula is C23H21N2O4+. The van der Waals surface area contributed by atoms with Crippen LogP contribution in [0, 0.1) is 0 Å². The van der Waals surface area contributed by atoms with Gasteiger partial charge in [0.15, 0.2) is 12.4 Å². The largest absolute Gasteiger partial charge is 0.478 e. The molecule has 0 aliphatic rings. The van der Waals surface area contributed by atoms with Crippen molar-refractivity contribution in [2.45, 2.75) is 0 Å². The number of aromatic carboxylic acids is 2. The number of rotatable bonds is 6. The van der Waals surface area contributed by atoms with Crippen LogP contribution < -0.4 is 9.47 Å². The molecule has 0 radical (unpaired) electrons. The number of carbonyl (C=O) groups is 2. The molecule has 0 atom stereocenters. The predicted octanol–water partition coefficient (Wildman–Crippen LogP) is 3.60. The van der Waals surface area contributed by atoms with Gasteiger partial charge in [0.05, 0.1) is 11.1 Å². The smallest absolute Gasteiger partial charge is 0.335 e. The molecule has 0 amide bonds. The Labute approximate surface area is 168 Å². The van der Waals surface area contributed by atoms with E-state index in [0.717, 1.165) is 22.9 Å². The number of carboxylic acid groups (broad SMARTS) is 2. The zero-order valence-corrected chi connectivity index (χ0v) is 16.1. The van der Waals surface area contributed by atoms with Gasteiger partial charge in [-0.15, -0.1) is 0 Å². The molecule has 3 aromatic rings. The summed E-state index contributed by atoms with van der Waals surface area (Å²) in [6.07, 6.45) is 7.51. The first-order chi connectivity index (χ1) is 13.8. The molecule has 0 bridgehead atoms. The van der Waals surface area contributed by atoms with Crippen molar-refractivity contribution >= 4 is 29.8 Å². The summed E-state index contributed by atoms with van der Waals surface area (Å²) in [6, 6.07) is 16.0. The molecule has 6 nitrogen and oxygen atoms in total. The minimum atomic E-state index is -1.17. The normalized spacial score (nSPS) is 10.8. The van der Waals surface area contributed by atoms with Gasteiger partial charge >= 0.3 is 11.9 Å². The highest BCUT2D eigenvalue weighted by Gasteiger charge is 2.16. The van der Waals surface area contributed by atoms with E-state index >= 15 is 0 Å². The molecule has 146 valence electrons. The lowest BCUT2D eigenvalue weighted by molar-refractivity contribution is -0.595. The summed E-state index contributed by atoms with van der Waals surface area (Å²) in [6.45, 7) is 0. The summed E-state index contributed by atoms with van der Waals surface area (Å²) in [5.74, 6) is -2.34. The van der Waals surface area contributed by atoms with Crippen LogP contribution >= 0.6 is 0 Å². The number of carboxylic acids is 2. The minimum Gasteiger partial charge on any atom is -0.478 e. The molecule has 0 fully saturated rings. The fourth-order valence-electron chi connectivity index (χ4n) is 2.80. The van der Waals surface area contributed by atoms with Gasteiger partial charge in [0.2, 0.25) is 5.69 Å². The van der Waals surface area contributed by atoms with E-state index < -0.39 is 11.9 Å². The Kier molecular flexibility index (Phi) is 5.74. The van der Waals surface area contributed by atoms with Gasteiger partial charge in [-0.3, -0.25) is 0 Å². The first kappa shape index (κ1) is 19.8. The number of hydrogen-bond donors (Lipinski definition) is 2. The second kappa shape index (κ2) is 8.39. The zero-order valence-electron chi connectivity index (χ0n) is 16.1. The van der Waals surface area contributed by atoms with Crippen molar-refractivity contribution in [1.82, 2.24) is 0 Å². The monoisotopic (exact) mass is 389 g/mol. The molecule has 0 saturated heterocycles. The summed E-state index contributed by atoms with van der Waals surface area (Å²) in [5, 5.41) is 18.4. The number of aromatic nitrogens is 1. The molecule has 0 aliphatic carbocycles. The van der Waals surface area contributed by atoms with Gasteiger partial charge in [-0.25, -0.2) is 9.59 Å². The molecule has 0 unspecified atom stereocenters. The van der Waals surface area contributed by atoms with E-state index in [1.165, 1.54) is 12.1 Å². The fraction of sp³-hybridized carbons (Fsp3) is 0.0870.